The van der Waals surface area contributed by atoms with Gasteiger partial charge in [0, 0.05) is 11.3 Å². The molecule has 0 bridgehead atoms. The highest BCUT2D eigenvalue weighted by Crippen LogP contribution is 2.09. The van der Waals surface area contributed by atoms with E-state index in [0.717, 1.165) is 6.29 Å². The van der Waals surface area contributed by atoms with Gasteiger partial charge in [0.15, 0.2) is 0 Å². The Bertz CT molecular complexity index is 195. The van der Waals surface area contributed by atoms with Crippen molar-refractivity contribution in [2.24, 2.45) is 5.73 Å². The highest BCUT2D eigenvalue weighted by atomic mass is 32.1. The van der Waals surface area contributed by atoms with Crippen LogP contribution in [0.1, 0.15) is 4.88 Å². The summed E-state index contributed by atoms with van der Waals surface area (Å²) in [5.41, 5.74) is 5.40. The quantitative estimate of drug-likeness (QED) is 0.656. The second-order valence-corrected chi connectivity index (χ2v) is 3.12. The Morgan fingerprint density at radius 1 is 1.80 bits per heavy atom. The van der Waals surface area contributed by atoms with E-state index in [4.69, 9.17) is 5.73 Å². The average Bonchev–Trinajstić information content (AvgIpc) is 2.40. The number of carbonyl (C=O) groups excluding carboxylic acids is 1. The predicted octanol–water partition coefficient (Wildman–Crippen LogP) is 0.817. The molecule has 1 aromatic rings. The molecule has 0 saturated carbocycles. The van der Waals surface area contributed by atoms with Crippen LogP contribution in [0.5, 0.6) is 0 Å². The lowest BCUT2D eigenvalue weighted by molar-refractivity contribution is -0.108. The van der Waals surface area contributed by atoms with Crippen LogP contribution in [0.15, 0.2) is 17.5 Å². The summed E-state index contributed by atoms with van der Waals surface area (Å²) in [6, 6.07) is 3.60. The zero-order valence-corrected chi connectivity index (χ0v) is 6.30. The molecule has 0 radical (unpaired) electrons. The fourth-order valence-corrected chi connectivity index (χ4v) is 1.49. The fraction of sp³-hybridized carbons (Fsp3) is 0.286. The van der Waals surface area contributed by atoms with Crippen molar-refractivity contribution in [2.75, 3.05) is 0 Å². The zero-order valence-electron chi connectivity index (χ0n) is 5.49. The monoisotopic (exact) mass is 155 g/mol. The van der Waals surface area contributed by atoms with E-state index in [-0.39, 0.29) is 6.04 Å². The molecule has 0 fully saturated rings. The van der Waals surface area contributed by atoms with E-state index in [1.807, 2.05) is 17.5 Å². The second-order valence-electron chi connectivity index (χ2n) is 2.08. The van der Waals surface area contributed by atoms with Crippen molar-refractivity contribution in [3.05, 3.63) is 22.4 Å². The van der Waals surface area contributed by atoms with E-state index in [2.05, 4.69) is 0 Å². The largest absolute Gasteiger partial charge is 0.321 e. The molecule has 0 aromatic carbocycles. The maximum atomic E-state index is 10.1. The Hall–Kier alpha value is -0.670. The van der Waals surface area contributed by atoms with E-state index in [0.29, 0.717) is 6.42 Å². The number of carbonyl (C=O) groups is 1. The molecule has 2 nitrogen and oxygen atoms in total. The summed E-state index contributed by atoms with van der Waals surface area (Å²) in [4.78, 5) is 11.3. The summed E-state index contributed by atoms with van der Waals surface area (Å²) in [6.45, 7) is 0. The van der Waals surface area contributed by atoms with E-state index in [1.165, 1.54) is 4.88 Å². The number of rotatable bonds is 3. The van der Waals surface area contributed by atoms with Gasteiger partial charge >= 0.3 is 0 Å². The average molecular weight is 155 g/mol. The van der Waals surface area contributed by atoms with Crippen LogP contribution in [-0.2, 0) is 11.2 Å². The van der Waals surface area contributed by atoms with Gasteiger partial charge < -0.3 is 10.5 Å². The van der Waals surface area contributed by atoms with Gasteiger partial charge in [0.1, 0.15) is 6.29 Å². The Labute approximate surface area is 63.7 Å². The standard InChI is InChI=1S/C7H9NOS/c8-6(5-9)4-7-2-1-3-10-7/h1-3,5-6H,4,8H2. The Kier molecular flexibility index (Phi) is 2.59. The first kappa shape index (κ1) is 7.44. The minimum Gasteiger partial charge on any atom is -0.321 e. The van der Waals surface area contributed by atoms with Gasteiger partial charge in [-0.15, -0.1) is 11.3 Å². The molecule has 3 heteroatoms. The Morgan fingerprint density at radius 2 is 2.60 bits per heavy atom. The molecule has 2 N–H and O–H groups in total. The molecule has 0 aliphatic rings. The van der Waals surface area contributed by atoms with Gasteiger partial charge in [-0.05, 0) is 11.4 Å². The molecule has 0 aliphatic carbocycles. The van der Waals surface area contributed by atoms with Crippen LogP contribution < -0.4 is 5.73 Å². The minimum atomic E-state index is -0.335. The lowest BCUT2D eigenvalue weighted by Crippen LogP contribution is -2.23. The molecule has 1 unspecified atom stereocenters. The highest BCUT2D eigenvalue weighted by Gasteiger charge is 2.01. The normalized spacial score (nSPS) is 12.9. The SMILES string of the molecule is NC(C=O)Cc1cccs1. The molecule has 54 valence electrons. The van der Waals surface area contributed by atoms with Crippen LogP contribution in [0.2, 0.25) is 0 Å². The third-order valence-corrected chi connectivity index (χ3v) is 2.09. The van der Waals surface area contributed by atoms with Crippen LogP contribution in [0, 0.1) is 0 Å². The zero-order chi connectivity index (χ0) is 7.40. The molecule has 1 atom stereocenters. The predicted molar refractivity (Wildman–Crippen MR) is 42.1 cm³/mol. The molecule has 0 saturated heterocycles. The number of aldehydes is 1. The highest BCUT2D eigenvalue weighted by molar-refractivity contribution is 7.09. The minimum absolute atomic E-state index is 0.335. The molecule has 0 aliphatic heterocycles. The van der Waals surface area contributed by atoms with Crippen molar-refractivity contribution < 1.29 is 4.79 Å². The third kappa shape index (κ3) is 1.93. The molecule has 0 spiro atoms. The van der Waals surface area contributed by atoms with Crippen molar-refractivity contribution in [2.45, 2.75) is 12.5 Å². The van der Waals surface area contributed by atoms with Crippen LogP contribution in [0.25, 0.3) is 0 Å². The van der Waals surface area contributed by atoms with E-state index in [1.54, 1.807) is 11.3 Å². The van der Waals surface area contributed by atoms with E-state index in [9.17, 15) is 4.79 Å². The van der Waals surface area contributed by atoms with Crippen LogP contribution in [-0.4, -0.2) is 12.3 Å². The first-order valence-corrected chi connectivity index (χ1v) is 3.94. The van der Waals surface area contributed by atoms with Crippen LogP contribution >= 0.6 is 11.3 Å². The third-order valence-electron chi connectivity index (χ3n) is 1.19. The molecule has 1 aromatic heterocycles. The lowest BCUT2D eigenvalue weighted by atomic mass is 10.2. The Balaban J connectivity index is 2.47. The molecule has 0 amide bonds. The van der Waals surface area contributed by atoms with Gasteiger partial charge in [0.2, 0.25) is 0 Å². The summed E-state index contributed by atoms with van der Waals surface area (Å²) in [5.74, 6) is 0. The van der Waals surface area contributed by atoms with Gasteiger partial charge in [0.25, 0.3) is 0 Å². The molecule has 10 heavy (non-hydrogen) atoms. The first-order chi connectivity index (χ1) is 4.83. The maximum Gasteiger partial charge on any atom is 0.137 e. The summed E-state index contributed by atoms with van der Waals surface area (Å²) in [6.07, 6.45) is 1.45. The van der Waals surface area contributed by atoms with Crippen LogP contribution in [0.3, 0.4) is 0 Å². The van der Waals surface area contributed by atoms with Gasteiger partial charge in [-0.2, -0.15) is 0 Å². The van der Waals surface area contributed by atoms with Crippen molar-refractivity contribution in [3.8, 4) is 0 Å². The van der Waals surface area contributed by atoms with Crippen molar-refractivity contribution in [1.29, 1.82) is 0 Å². The number of thiophene rings is 1. The number of nitrogens with two attached hydrogens (primary N) is 1. The summed E-state index contributed by atoms with van der Waals surface area (Å²) in [7, 11) is 0. The van der Waals surface area contributed by atoms with Crippen molar-refractivity contribution >= 4 is 17.6 Å². The maximum absolute atomic E-state index is 10.1. The van der Waals surface area contributed by atoms with Crippen molar-refractivity contribution in [3.63, 3.8) is 0 Å². The summed E-state index contributed by atoms with van der Waals surface area (Å²) >= 11 is 1.63. The molecule has 1 heterocycles. The van der Waals surface area contributed by atoms with Gasteiger partial charge in [-0.1, -0.05) is 6.07 Å². The van der Waals surface area contributed by atoms with Gasteiger partial charge in [-0.3, -0.25) is 0 Å². The summed E-state index contributed by atoms with van der Waals surface area (Å²) in [5, 5.41) is 1.98. The molecular weight excluding hydrogens is 146 g/mol. The molecule has 1 rings (SSSR count). The smallest absolute Gasteiger partial charge is 0.137 e. The number of hydrogen-bond acceptors (Lipinski definition) is 3. The van der Waals surface area contributed by atoms with Crippen molar-refractivity contribution in [1.82, 2.24) is 0 Å². The first-order valence-electron chi connectivity index (χ1n) is 3.06. The van der Waals surface area contributed by atoms with Gasteiger partial charge in [0.05, 0.1) is 6.04 Å². The van der Waals surface area contributed by atoms with E-state index < -0.39 is 0 Å². The topological polar surface area (TPSA) is 43.1 Å². The fourth-order valence-electron chi connectivity index (χ4n) is 0.709. The lowest BCUT2D eigenvalue weighted by Gasteiger charge is -1.98. The second kappa shape index (κ2) is 3.49. The van der Waals surface area contributed by atoms with Gasteiger partial charge in [-0.25, -0.2) is 0 Å². The molecular formula is C7H9NOS. The number of hydrogen-bond donors (Lipinski definition) is 1. The van der Waals surface area contributed by atoms with Crippen LogP contribution in [0.4, 0.5) is 0 Å². The summed E-state index contributed by atoms with van der Waals surface area (Å²) < 4.78 is 0. The van der Waals surface area contributed by atoms with E-state index >= 15 is 0 Å². The Morgan fingerprint density at radius 3 is 3.10 bits per heavy atom.